The number of allylic oxidation sites excluding steroid dienone is 3. The Balaban J connectivity index is 4.18. The van der Waals surface area contributed by atoms with E-state index in [4.69, 9.17) is 0 Å². The molecular formula is C11H15F3O. The predicted octanol–water partition coefficient (Wildman–Crippen LogP) is 4.20. The number of rotatable bonds is 5. The van der Waals surface area contributed by atoms with Gasteiger partial charge >= 0.3 is 6.36 Å². The van der Waals surface area contributed by atoms with Gasteiger partial charge in [0.15, 0.2) is 0 Å². The molecule has 0 aromatic heterocycles. The summed E-state index contributed by atoms with van der Waals surface area (Å²) >= 11 is 0. The summed E-state index contributed by atoms with van der Waals surface area (Å²) in [5.41, 5.74) is 0.754. The van der Waals surface area contributed by atoms with Crippen molar-refractivity contribution in [3.8, 4) is 0 Å². The van der Waals surface area contributed by atoms with E-state index in [-0.39, 0.29) is 5.92 Å². The first-order valence-electron chi connectivity index (χ1n) is 4.57. The Morgan fingerprint density at radius 3 is 2.27 bits per heavy atom. The van der Waals surface area contributed by atoms with Gasteiger partial charge in [0, 0.05) is 0 Å². The second-order valence-electron chi connectivity index (χ2n) is 3.23. The molecule has 4 heteroatoms. The number of halogens is 3. The fourth-order valence-electron chi connectivity index (χ4n) is 0.809. The van der Waals surface area contributed by atoms with Gasteiger partial charge in [0.25, 0.3) is 0 Å². The minimum absolute atomic E-state index is 0.236. The lowest BCUT2D eigenvalue weighted by molar-refractivity contribution is -0.303. The van der Waals surface area contributed by atoms with Gasteiger partial charge in [0.1, 0.15) is 5.76 Å². The van der Waals surface area contributed by atoms with Gasteiger partial charge in [-0.2, -0.15) is 0 Å². The molecular weight excluding hydrogens is 205 g/mol. The molecule has 0 N–H and O–H groups in total. The molecule has 15 heavy (non-hydrogen) atoms. The molecule has 1 atom stereocenters. The van der Waals surface area contributed by atoms with Crippen LogP contribution in [-0.4, -0.2) is 6.36 Å². The van der Waals surface area contributed by atoms with Crippen LogP contribution in [0.1, 0.15) is 20.3 Å². The van der Waals surface area contributed by atoms with E-state index in [1.807, 2.05) is 13.8 Å². The first kappa shape index (κ1) is 13.8. The molecule has 0 spiro atoms. The van der Waals surface area contributed by atoms with Crippen molar-refractivity contribution in [1.82, 2.24) is 0 Å². The zero-order valence-electron chi connectivity index (χ0n) is 8.90. The molecule has 0 aliphatic heterocycles. The summed E-state index contributed by atoms with van der Waals surface area (Å²) in [5.74, 6) is -0.202. The van der Waals surface area contributed by atoms with Crippen LogP contribution in [0.3, 0.4) is 0 Å². The number of hydrogen-bond acceptors (Lipinski definition) is 1. The summed E-state index contributed by atoms with van der Waals surface area (Å²) in [6.45, 7) is 10.8. The second kappa shape index (κ2) is 5.63. The van der Waals surface area contributed by atoms with Crippen LogP contribution in [0.15, 0.2) is 36.6 Å². The van der Waals surface area contributed by atoms with E-state index >= 15 is 0 Å². The van der Waals surface area contributed by atoms with Crippen LogP contribution >= 0.6 is 0 Å². The molecule has 1 unspecified atom stereocenters. The van der Waals surface area contributed by atoms with Crippen molar-refractivity contribution in [2.75, 3.05) is 0 Å². The van der Waals surface area contributed by atoms with Gasteiger partial charge in [-0.1, -0.05) is 38.7 Å². The van der Waals surface area contributed by atoms with E-state index in [1.165, 1.54) is 12.2 Å². The van der Waals surface area contributed by atoms with Gasteiger partial charge in [0.2, 0.25) is 0 Å². The smallest absolute Gasteiger partial charge is 0.406 e. The summed E-state index contributed by atoms with van der Waals surface area (Å²) in [4.78, 5) is 0. The van der Waals surface area contributed by atoms with Gasteiger partial charge in [-0.3, -0.25) is 0 Å². The Bertz CT molecular complexity index is 263. The topological polar surface area (TPSA) is 9.23 Å². The highest BCUT2D eigenvalue weighted by molar-refractivity contribution is 5.22. The maximum atomic E-state index is 11.7. The van der Waals surface area contributed by atoms with Gasteiger partial charge in [-0.15, -0.1) is 13.2 Å². The van der Waals surface area contributed by atoms with Crippen molar-refractivity contribution in [2.24, 2.45) is 5.92 Å². The normalized spacial score (nSPS) is 13.9. The zero-order chi connectivity index (χ0) is 12.1. The van der Waals surface area contributed by atoms with Crippen molar-refractivity contribution in [2.45, 2.75) is 26.6 Å². The average molecular weight is 220 g/mol. The van der Waals surface area contributed by atoms with E-state index in [0.29, 0.717) is 0 Å². The van der Waals surface area contributed by atoms with Crippen LogP contribution in [-0.2, 0) is 4.74 Å². The molecule has 0 saturated heterocycles. The quantitative estimate of drug-likeness (QED) is 0.498. The van der Waals surface area contributed by atoms with E-state index in [0.717, 1.165) is 12.0 Å². The molecule has 86 valence electrons. The Labute approximate surface area is 87.9 Å². The summed E-state index contributed by atoms with van der Waals surface area (Å²) in [6.07, 6.45) is -1.14. The van der Waals surface area contributed by atoms with Crippen LogP contribution in [0.4, 0.5) is 13.2 Å². The van der Waals surface area contributed by atoms with Crippen molar-refractivity contribution in [3.63, 3.8) is 0 Å². The number of hydrogen-bond donors (Lipinski definition) is 0. The molecule has 0 aromatic rings. The van der Waals surface area contributed by atoms with Crippen molar-refractivity contribution >= 4 is 0 Å². The maximum Gasteiger partial charge on any atom is 0.573 e. The molecule has 0 aliphatic carbocycles. The van der Waals surface area contributed by atoms with Gasteiger partial charge in [-0.05, 0) is 18.4 Å². The third-order valence-electron chi connectivity index (χ3n) is 1.98. The molecule has 0 aromatic carbocycles. The first-order valence-corrected chi connectivity index (χ1v) is 4.57. The van der Waals surface area contributed by atoms with Crippen molar-refractivity contribution in [3.05, 3.63) is 36.6 Å². The average Bonchev–Trinajstić information content (AvgIpc) is 2.10. The summed E-state index contributed by atoms with van der Waals surface area (Å²) in [5, 5.41) is 0. The molecule has 1 nitrogen and oxygen atoms in total. The van der Waals surface area contributed by atoms with Crippen LogP contribution in [0.5, 0.6) is 0 Å². The Morgan fingerprint density at radius 1 is 1.33 bits per heavy atom. The Morgan fingerprint density at radius 2 is 1.87 bits per heavy atom. The molecule has 0 aliphatic rings. The molecule has 0 bridgehead atoms. The fourth-order valence-corrected chi connectivity index (χ4v) is 0.809. The van der Waals surface area contributed by atoms with Crippen LogP contribution in [0.2, 0.25) is 0 Å². The van der Waals surface area contributed by atoms with E-state index in [9.17, 15) is 13.2 Å². The van der Waals surface area contributed by atoms with Gasteiger partial charge < -0.3 is 4.74 Å². The van der Waals surface area contributed by atoms with Gasteiger partial charge in [-0.25, -0.2) is 0 Å². The highest BCUT2D eigenvalue weighted by Crippen LogP contribution is 2.21. The number of ether oxygens (including phenoxy) is 1. The second-order valence-corrected chi connectivity index (χ2v) is 3.23. The summed E-state index contributed by atoms with van der Waals surface area (Å²) in [7, 11) is 0. The lowest BCUT2D eigenvalue weighted by atomic mass is 10.00. The largest absolute Gasteiger partial charge is 0.573 e. The first-order chi connectivity index (χ1) is 6.76. The zero-order valence-corrected chi connectivity index (χ0v) is 8.90. The van der Waals surface area contributed by atoms with Gasteiger partial charge in [0.05, 0.1) is 0 Å². The number of alkyl halides is 3. The highest BCUT2D eigenvalue weighted by atomic mass is 19.4. The molecule has 0 radical (unpaired) electrons. The standard InChI is InChI=1S/C11H15F3O/c1-5-8(2)9(3)6-7-10(4)15-11(12,13)14/h6-8H,3-5H2,1-2H3/b7-6-. The third-order valence-corrected chi connectivity index (χ3v) is 1.98. The molecule has 0 heterocycles. The maximum absolute atomic E-state index is 11.7. The van der Waals surface area contributed by atoms with Crippen molar-refractivity contribution in [1.29, 1.82) is 0 Å². The Hall–Kier alpha value is -1.19. The van der Waals surface area contributed by atoms with E-state index in [2.05, 4.69) is 17.9 Å². The fraction of sp³-hybridized carbons (Fsp3) is 0.455. The van der Waals surface area contributed by atoms with Crippen LogP contribution < -0.4 is 0 Å². The van der Waals surface area contributed by atoms with Crippen LogP contribution in [0, 0.1) is 5.92 Å². The molecule has 0 saturated carbocycles. The molecule has 0 amide bonds. The molecule has 0 rings (SSSR count). The lowest BCUT2D eigenvalue weighted by Gasteiger charge is -2.10. The van der Waals surface area contributed by atoms with E-state index < -0.39 is 12.1 Å². The minimum Gasteiger partial charge on any atom is -0.406 e. The van der Waals surface area contributed by atoms with E-state index in [1.54, 1.807) is 0 Å². The predicted molar refractivity (Wildman–Crippen MR) is 54.0 cm³/mol. The van der Waals surface area contributed by atoms with Crippen molar-refractivity contribution < 1.29 is 17.9 Å². The highest BCUT2D eigenvalue weighted by Gasteiger charge is 2.30. The summed E-state index contributed by atoms with van der Waals surface area (Å²) < 4.78 is 38.7. The summed E-state index contributed by atoms with van der Waals surface area (Å²) in [6, 6.07) is 0. The Kier molecular flexibility index (Phi) is 5.19. The molecule has 0 fully saturated rings. The van der Waals surface area contributed by atoms with Crippen LogP contribution in [0.25, 0.3) is 0 Å². The monoisotopic (exact) mass is 220 g/mol. The SMILES string of the molecule is C=C(/C=C\C(=C)C(C)CC)OC(F)(F)F. The third kappa shape index (κ3) is 6.82. The lowest BCUT2D eigenvalue weighted by Crippen LogP contribution is -2.11. The minimum atomic E-state index is -4.68.